The van der Waals surface area contributed by atoms with E-state index in [1.807, 2.05) is 36.1 Å². The Bertz CT molecular complexity index is 979. The van der Waals surface area contributed by atoms with E-state index in [1.165, 1.54) is 12.1 Å². The molecule has 4 rings (SSSR count). The van der Waals surface area contributed by atoms with Gasteiger partial charge in [0.05, 0.1) is 12.1 Å². The minimum absolute atomic E-state index is 0.353. The number of aryl methyl sites for hydroxylation is 1. The number of rotatable bonds is 5. The van der Waals surface area contributed by atoms with Crippen LogP contribution < -0.4 is 0 Å². The molecule has 0 bridgehead atoms. The number of imidazole rings is 1. The SMILES string of the molecule is Cn1ccnc1CN1CCC[C@H](c2cccc(Cc3ccc(C(F)(F)F)cc3)n2)C1. The highest BCUT2D eigenvalue weighted by Crippen LogP contribution is 2.30. The van der Waals surface area contributed by atoms with Crippen LogP contribution in [0.3, 0.4) is 0 Å². The van der Waals surface area contributed by atoms with Crippen LogP contribution in [0.1, 0.15) is 47.1 Å². The summed E-state index contributed by atoms with van der Waals surface area (Å²) < 4.78 is 40.3. The molecule has 1 aliphatic heterocycles. The smallest absolute Gasteiger partial charge is 0.337 e. The van der Waals surface area contributed by atoms with Gasteiger partial charge < -0.3 is 4.57 Å². The summed E-state index contributed by atoms with van der Waals surface area (Å²) in [6, 6.07) is 11.3. The van der Waals surface area contributed by atoms with E-state index in [4.69, 9.17) is 4.98 Å². The number of alkyl halides is 3. The van der Waals surface area contributed by atoms with Gasteiger partial charge in [-0.2, -0.15) is 13.2 Å². The summed E-state index contributed by atoms with van der Waals surface area (Å²) in [6.45, 7) is 2.81. The molecule has 1 aromatic carbocycles. The lowest BCUT2D eigenvalue weighted by Gasteiger charge is -2.32. The molecule has 1 aliphatic rings. The highest BCUT2D eigenvalue weighted by atomic mass is 19.4. The molecule has 1 fully saturated rings. The topological polar surface area (TPSA) is 34.0 Å². The summed E-state index contributed by atoms with van der Waals surface area (Å²) in [6.07, 6.45) is 2.20. The Morgan fingerprint density at radius 1 is 1.10 bits per heavy atom. The van der Waals surface area contributed by atoms with Gasteiger partial charge in [-0.3, -0.25) is 9.88 Å². The van der Waals surface area contributed by atoms with Gasteiger partial charge in [-0.25, -0.2) is 4.98 Å². The number of piperidine rings is 1. The van der Waals surface area contributed by atoms with Crippen molar-refractivity contribution in [3.05, 3.63) is 83.2 Å². The van der Waals surface area contributed by atoms with Crippen molar-refractivity contribution in [3.8, 4) is 0 Å². The molecule has 2 aromatic heterocycles. The van der Waals surface area contributed by atoms with E-state index in [-0.39, 0.29) is 0 Å². The summed E-state index contributed by atoms with van der Waals surface area (Å²) >= 11 is 0. The van der Waals surface area contributed by atoms with E-state index in [9.17, 15) is 13.2 Å². The molecule has 7 heteroatoms. The number of halogens is 3. The van der Waals surface area contributed by atoms with Gasteiger partial charge in [0.15, 0.2) is 0 Å². The fraction of sp³-hybridized carbons (Fsp3) is 0.391. The third-order valence-electron chi connectivity index (χ3n) is 5.70. The molecule has 0 radical (unpaired) electrons. The summed E-state index contributed by atoms with van der Waals surface area (Å²) in [5.74, 6) is 1.41. The highest BCUT2D eigenvalue weighted by Gasteiger charge is 2.30. The molecule has 1 saturated heterocycles. The van der Waals surface area contributed by atoms with Crippen LogP contribution in [-0.4, -0.2) is 32.5 Å². The Kier molecular flexibility index (Phi) is 5.90. The molecule has 158 valence electrons. The summed E-state index contributed by atoms with van der Waals surface area (Å²) in [7, 11) is 2.01. The maximum Gasteiger partial charge on any atom is 0.416 e. The van der Waals surface area contributed by atoms with Crippen LogP contribution in [0.4, 0.5) is 13.2 Å². The van der Waals surface area contributed by atoms with Gasteiger partial charge in [0.25, 0.3) is 0 Å². The predicted octanol–water partition coefficient (Wildman–Crippen LogP) is 4.80. The monoisotopic (exact) mass is 414 g/mol. The minimum Gasteiger partial charge on any atom is -0.337 e. The lowest BCUT2D eigenvalue weighted by atomic mass is 9.94. The lowest BCUT2D eigenvalue weighted by molar-refractivity contribution is -0.137. The van der Waals surface area contributed by atoms with Gasteiger partial charge in [0, 0.05) is 49.7 Å². The Morgan fingerprint density at radius 2 is 1.90 bits per heavy atom. The summed E-state index contributed by atoms with van der Waals surface area (Å²) in [5.41, 5.74) is 2.15. The summed E-state index contributed by atoms with van der Waals surface area (Å²) in [5, 5.41) is 0. The number of benzene rings is 1. The Labute approximate surface area is 174 Å². The average Bonchev–Trinajstić information content (AvgIpc) is 3.13. The molecule has 1 atom stereocenters. The van der Waals surface area contributed by atoms with E-state index < -0.39 is 11.7 Å². The number of hydrogen-bond acceptors (Lipinski definition) is 3. The van der Waals surface area contributed by atoms with Crippen molar-refractivity contribution >= 4 is 0 Å². The zero-order chi connectivity index (χ0) is 21.1. The van der Waals surface area contributed by atoms with Crippen LogP contribution in [0, 0.1) is 0 Å². The molecule has 3 heterocycles. The summed E-state index contributed by atoms with van der Waals surface area (Å²) in [4.78, 5) is 11.7. The molecule has 0 N–H and O–H groups in total. The van der Waals surface area contributed by atoms with E-state index in [1.54, 1.807) is 0 Å². The third kappa shape index (κ3) is 4.90. The quantitative estimate of drug-likeness (QED) is 0.601. The van der Waals surface area contributed by atoms with E-state index >= 15 is 0 Å². The maximum absolute atomic E-state index is 12.8. The molecular weight excluding hydrogens is 389 g/mol. The lowest BCUT2D eigenvalue weighted by Crippen LogP contribution is -2.35. The predicted molar refractivity (Wildman–Crippen MR) is 109 cm³/mol. The zero-order valence-electron chi connectivity index (χ0n) is 16.9. The molecule has 0 aliphatic carbocycles. The molecule has 0 amide bonds. The molecule has 4 nitrogen and oxygen atoms in total. The first-order valence-electron chi connectivity index (χ1n) is 10.2. The Hall–Kier alpha value is -2.67. The number of pyridine rings is 1. The normalized spacial score (nSPS) is 17.9. The van der Waals surface area contributed by atoms with Crippen molar-refractivity contribution in [1.82, 2.24) is 19.4 Å². The highest BCUT2D eigenvalue weighted by molar-refractivity contribution is 5.28. The first kappa shape index (κ1) is 20.6. The molecule has 0 saturated carbocycles. The Morgan fingerprint density at radius 3 is 2.60 bits per heavy atom. The van der Waals surface area contributed by atoms with Gasteiger partial charge in [0.2, 0.25) is 0 Å². The van der Waals surface area contributed by atoms with Crippen LogP contribution in [0.25, 0.3) is 0 Å². The molecular formula is C23H25F3N4. The van der Waals surface area contributed by atoms with Crippen LogP contribution in [0.2, 0.25) is 0 Å². The molecule has 0 spiro atoms. The number of aromatic nitrogens is 3. The molecule has 30 heavy (non-hydrogen) atoms. The number of hydrogen-bond donors (Lipinski definition) is 0. The van der Waals surface area contributed by atoms with Gasteiger partial charge in [-0.1, -0.05) is 18.2 Å². The van der Waals surface area contributed by atoms with Gasteiger partial charge >= 0.3 is 6.18 Å². The third-order valence-corrected chi connectivity index (χ3v) is 5.70. The van der Waals surface area contributed by atoms with E-state index in [0.717, 1.165) is 67.4 Å². The average molecular weight is 414 g/mol. The molecule has 0 unspecified atom stereocenters. The van der Waals surface area contributed by atoms with Gasteiger partial charge in [-0.05, 0) is 49.2 Å². The molecule has 3 aromatic rings. The van der Waals surface area contributed by atoms with Crippen molar-refractivity contribution < 1.29 is 13.2 Å². The van der Waals surface area contributed by atoms with Crippen molar-refractivity contribution in [2.75, 3.05) is 13.1 Å². The Balaban J connectivity index is 1.43. The second kappa shape index (κ2) is 8.60. The largest absolute Gasteiger partial charge is 0.416 e. The van der Waals surface area contributed by atoms with Crippen molar-refractivity contribution in [2.24, 2.45) is 7.05 Å². The van der Waals surface area contributed by atoms with Crippen LogP contribution in [0.5, 0.6) is 0 Å². The number of likely N-dealkylation sites (tertiary alicyclic amines) is 1. The van der Waals surface area contributed by atoms with Crippen LogP contribution >= 0.6 is 0 Å². The first-order valence-corrected chi connectivity index (χ1v) is 10.2. The first-order chi connectivity index (χ1) is 14.4. The van der Waals surface area contributed by atoms with Crippen molar-refractivity contribution in [1.29, 1.82) is 0 Å². The van der Waals surface area contributed by atoms with Crippen molar-refractivity contribution in [2.45, 2.75) is 37.9 Å². The zero-order valence-corrected chi connectivity index (χ0v) is 16.9. The minimum atomic E-state index is -4.31. The maximum atomic E-state index is 12.8. The van der Waals surface area contributed by atoms with E-state index in [2.05, 4.69) is 16.0 Å². The fourth-order valence-corrected chi connectivity index (χ4v) is 4.03. The standard InChI is InChI=1S/C23H25F3N4/c1-29-13-11-27-22(29)16-30-12-3-4-18(15-30)21-6-2-5-20(28-21)14-17-7-9-19(10-8-17)23(24,25)26/h2,5-11,13,18H,3-4,12,14-16H2,1H3/t18-/m0/s1. The van der Waals surface area contributed by atoms with Crippen molar-refractivity contribution in [3.63, 3.8) is 0 Å². The van der Waals surface area contributed by atoms with Gasteiger partial charge in [-0.15, -0.1) is 0 Å². The fourth-order valence-electron chi connectivity index (χ4n) is 4.03. The number of nitrogens with zero attached hydrogens (tertiary/aromatic N) is 4. The second-order valence-electron chi connectivity index (χ2n) is 7.95. The van der Waals surface area contributed by atoms with E-state index in [0.29, 0.717) is 12.3 Å². The van der Waals surface area contributed by atoms with Crippen LogP contribution in [0.15, 0.2) is 54.9 Å². The van der Waals surface area contributed by atoms with Gasteiger partial charge in [0.1, 0.15) is 5.82 Å². The second-order valence-corrected chi connectivity index (χ2v) is 7.95. The van der Waals surface area contributed by atoms with Crippen LogP contribution in [-0.2, 0) is 26.2 Å².